The van der Waals surface area contributed by atoms with Crippen molar-refractivity contribution in [2.24, 2.45) is 0 Å². The van der Waals surface area contributed by atoms with Crippen molar-refractivity contribution in [1.82, 2.24) is 9.88 Å². The highest BCUT2D eigenvalue weighted by Crippen LogP contribution is 2.32. The lowest BCUT2D eigenvalue weighted by Crippen LogP contribution is -2.35. The van der Waals surface area contributed by atoms with E-state index in [0.29, 0.717) is 10.6 Å². The summed E-state index contributed by atoms with van der Waals surface area (Å²) in [6.07, 6.45) is 7.86. The summed E-state index contributed by atoms with van der Waals surface area (Å²) in [5.41, 5.74) is 1.71. The molecule has 1 aliphatic heterocycles. The van der Waals surface area contributed by atoms with Gasteiger partial charge in [0.2, 0.25) is 0 Å². The first-order valence-corrected chi connectivity index (χ1v) is 9.00. The van der Waals surface area contributed by atoms with Crippen molar-refractivity contribution in [3.05, 3.63) is 63.3 Å². The van der Waals surface area contributed by atoms with Crippen molar-refractivity contribution in [3.63, 3.8) is 0 Å². The number of hydrogen-bond donors (Lipinski definition) is 0. The fourth-order valence-electron chi connectivity index (χ4n) is 3.10. The van der Waals surface area contributed by atoms with E-state index in [1.165, 1.54) is 0 Å². The first kappa shape index (κ1) is 16.5. The molecule has 0 aliphatic carbocycles. The molecule has 2 heterocycles. The van der Waals surface area contributed by atoms with E-state index in [4.69, 9.17) is 11.6 Å². The SMILES string of the molecule is O=C(c1ccc(Br)cc1Cl)N1CCCCCC1c1ccncc1. The highest BCUT2D eigenvalue weighted by Gasteiger charge is 2.28. The zero-order valence-corrected chi connectivity index (χ0v) is 15.1. The van der Waals surface area contributed by atoms with E-state index in [1.807, 2.05) is 23.1 Å². The van der Waals surface area contributed by atoms with Gasteiger partial charge in [-0.15, -0.1) is 0 Å². The van der Waals surface area contributed by atoms with Gasteiger partial charge in [0.25, 0.3) is 5.91 Å². The lowest BCUT2D eigenvalue weighted by molar-refractivity contribution is 0.0681. The lowest BCUT2D eigenvalue weighted by atomic mass is 10.0. The second-order valence-corrected chi connectivity index (χ2v) is 7.09. The number of carbonyl (C=O) groups is 1. The second-order valence-electron chi connectivity index (χ2n) is 5.77. The first-order chi connectivity index (χ1) is 11.2. The molecule has 0 saturated carbocycles. The van der Waals surface area contributed by atoms with E-state index < -0.39 is 0 Å². The minimum absolute atomic E-state index is 0.00575. The molecule has 23 heavy (non-hydrogen) atoms. The average molecular weight is 394 g/mol. The van der Waals surface area contributed by atoms with Gasteiger partial charge in [-0.25, -0.2) is 0 Å². The zero-order valence-electron chi connectivity index (χ0n) is 12.7. The number of pyridine rings is 1. The predicted octanol–water partition coefficient (Wildman–Crippen LogP) is 5.26. The zero-order chi connectivity index (χ0) is 16.2. The minimum atomic E-state index is 0.00575. The van der Waals surface area contributed by atoms with Crippen LogP contribution in [0.2, 0.25) is 5.02 Å². The molecule has 1 aromatic heterocycles. The number of nitrogens with zero attached hydrogens (tertiary/aromatic N) is 2. The molecule has 1 aromatic carbocycles. The number of halogens is 2. The van der Waals surface area contributed by atoms with Gasteiger partial charge in [-0.2, -0.15) is 0 Å². The third-order valence-electron chi connectivity index (χ3n) is 4.27. The number of likely N-dealkylation sites (tertiary alicyclic amines) is 1. The number of amides is 1. The summed E-state index contributed by atoms with van der Waals surface area (Å²) >= 11 is 9.68. The van der Waals surface area contributed by atoms with E-state index in [9.17, 15) is 4.79 Å². The van der Waals surface area contributed by atoms with Crippen LogP contribution < -0.4 is 0 Å². The minimum Gasteiger partial charge on any atom is -0.332 e. The summed E-state index contributed by atoms with van der Waals surface area (Å²) in [4.78, 5) is 19.1. The number of rotatable bonds is 2. The highest BCUT2D eigenvalue weighted by atomic mass is 79.9. The van der Waals surface area contributed by atoms with Crippen molar-refractivity contribution < 1.29 is 4.79 Å². The Kier molecular flexibility index (Phi) is 5.34. The van der Waals surface area contributed by atoms with Crippen molar-refractivity contribution >= 4 is 33.4 Å². The quantitative estimate of drug-likeness (QED) is 0.697. The molecule has 2 aromatic rings. The number of benzene rings is 1. The fraction of sp³-hybridized carbons (Fsp3) is 0.333. The van der Waals surface area contributed by atoms with Crippen LogP contribution in [0, 0.1) is 0 Å². The Balaban J connectivity index is 1.94. The Labute approximate surface area is 149 Å². The molecule has 0 spiro atoms. The summed E-state index contributed by atoms with van der Waals surface area (Å²) in [5, 5.41) is 0.488. The maximum absolute atomic E-state index is 13.1. The molecule has 1 amide bonds. The molecule has 5 heteroatoms. The molecule has 3 rings (SSSR count). The van der Waals surface area contributed by atoms with Gasteiger partial charge in [-0.05, 0) is 48.7 Å². The van der Waals surface area contributed by atoms with Gasteiger partial charge < -0.3 is 4.90 Å². The van der Waals surface area contributed by atoms with Crippen molar-refractivity contribution in [3.8, 4) is 0 Å². The van der Waals surface area contributed by atoms with Crippen LogP contribution in [0.25, 0.3) is 0 Å². The molecular weight excluding hydrogens is 376 g/mol. The Hall–Kier alpha value is -1.39. The Bertz CT molecular complexity index is 693. The van der Waals surface area contributed by atoms with Crippen molar-refractivity contribution in [2.75, 3.05) is 6.54 Å². The van der Waals surface area contributed by atoms with E-state index in [1.54, 1.807) is 24.5 Å². The summed E-state index contributed by atoms with van der Waals surface area (Å²) < 4.78 is 0.876. The summed E-state index contributed by atoms with van der Waals surface area (Å²) in [5.74, 6) is 0.00575. The van der Waals surface area contributed by atoms with E-state index in [-0.39, 0.29) is 11.9 Å². The van der Waals surface area contributed by atoms with Gasteiger partial charge in [-0.3, -0.25) is 9.78 Å². The van der Waals surface area contributed by atoms with Crippen molar-refractivity contribution in [2.45, 2.75) is 31.7 Å². The third kappa shape index (κ3) is 3.75. The third-order valence-corrected chi connectivity index (χ3v) is 5.07. The van der Waals surface area contributed by atoms with Crippen LogP contribution in [-0.2, 0) is 0 Å². The van der Waals surface area contributed by atoms with Crippen LogP contribution >= 0.6 is 27.5 Å². The molecule has 1 atom stereocenters. The maximum atomic E-state index is 13.1. The van der Waals surface area contributed by atoms with Crippen LogP contribution in [0.1, 0.15) is 47.6 Å². The smallest absolute Gasteiger partial charge is 0.255 e. The monoisotopic (exact) mass is 392 g/mol. The largest absolute Gasteiger partial charge is 0.332 e. The van der Waals surface area contributed by atoms with Gasteiger partial charge in [0, 0.05) is 23.4 Å². The number of hydrogen-bond acceptors (Lipinski definition) is 2. The average Bonchev–Trinajstić information content (AvgIpc) is 2.81. The molecule has 120 valence electrons. The van der Waals surface area contributed by atoms with Gasteiger partial charge in [-0.1, -0.05) is 40.4 Å². The Morgan fingerprint density at radius 1 is 1.17 bits per heavy atom. The fourth-order valence-corrected chi connectivity index (χ4v) is 3.86. The van der Waals surface area contributed by atoms with Gasteiger partial charge in [0.15, 0.2) is 0 Å². The maximum Gasteiger partial charge on any atom is 0.255 e. The first-order valence-electron chi connectivity index (χ1n) is 7.83. The van der Waals surface area contributed by atoms with Gasteiger partial charge in [0.05, 0.1) is 16.6 Å². The number of aromatic nitrogens is 1. The van der Waals surface area contributed by atoms with Gasteiger partial charge >= 0.3 is 0 Å². The molecule has 3 nitrogen and oxygen atoms in total. The molecule has 0 radical (unpaired) electrons. The predicted molar refractivity (Wildman–Crippen MR) is 95.6 cm³/mol. The van der Waals surface area contributed by atoms with Crippen LogP contribution in [0.15, 0.2) is 47.2 Å². The van der Waals surface area contributed by atoms with E-state index in [0.717, 1.165) is 42.3 Å². The van der Waals surface area contributed by atoms with E-state index >= 15 is 0 Å². The standard InChI is InChI=1S/C18H18BrClN2O/c19-14-5-6-15(16(20)12-14)18(23)22-11-3-1-2-4-17(22)13-7-9-21-10-8-13/h5-10,12,17H,1-4,11H2. The summed E-state index contributed by atoms with van der Waals surface area (Å²) in [7, 11) is 0. The topological polar surface area (TPSA) is 33.2 Å². The van der Waals surface area contributed by atoms with E-state index in [2.05, 4.69) is 20.9 Å². The van der Waals surface area contributed by atoms with Crippen LogP contribution in [0.3, 0.4) is 0 Å². The molecule has 0 bridgehead atoms. The molecule has 1 fully saturated rings. The second kappa shape index (κ2) is 7.45. The van der Waals surface area contributed by atoms with Crippen LogP contribution in [0.4, 0.5) is 0 Å². The lowest BCUT2D eigenvalue weighted by Gasteiger charge is -2.30. The summed E-state index contributed by atoms with van der Waals surface area (Å²) in [6, 6.07) is 9.52. The Morgan fingerprint density at radius 2 is 1.96 bits per heavy atom. The highest BCUT2D eigenvalue weighted by molar-refractivity contribution is 9.10. The van der Waals surface area contributed by atoms with Crippen LogP contribution in [-0.4, -0.2) is 22.3 Å². The normalized spacial score (nSPS) is 18.5. The molecule has 1 aliphatic rings. The molecular formula is C18H18BrClN2O. The van der Waals surface area contributed by atoms with Crippen LogP contribution in [0.5, 0.6) is 0 Å². The van der Waals surface area contributed by atoms with Gasteiger partial charge in [0.1, 0.15) is 0 Å². The van der Waals surface area contributed by atoms with Crippen molar-refractivity contribution in [1.29, 1.82) is 0 Å². The molecule has 0 N–H and O–H groups in total. The Morgan fingerprint density at radius 3 is 2.70 bits per heavy atom. The molecule has 1 unspecified atom stereocenters. The number of carbonyl (C=O) groups excluding carboxylic acids is 1. The molecule has 1 saturated heterocycles. The summed E-state index contributed by atoms with van der Waals surface area (Å²) in [6.45, 7) is 0.762.